The van der Waals surface area contributed by atoms with Crippen LogP contribution in [0.5, 0.6) is 0 Å². The van der Waals surface area contributed by atoms with Gasteiger partial charge in [0, 0.05) is 6.54 Å². The van der Waals surface area contributed by atoms with Crippen molar-refractivity contribution in [1.29, 1.82) is 0 Å². The third-order valence-corrected chi connectivity index (χ3v) is 6.96. The van der Waals surface area contributed by atoms with Gasteiger partial charge in [-0.3, -0.25) is 0 Å². The molecule has 1 saturated carbocycles. The molecule has 5 rings (SSSR count). The van der Waals surface area contributed by atoms with Crippen LogP contribution in [0.2, 0.25) is 0 Å². The summed E-state index contributed by atoms with van der Waals surface area (Å²) in [6.45, 7) is 0.684. The van der Waals surface area contributed by atoms with Crippen molar-refractivity contribution in [3.63, 3.8) is 0 Å². The van der Waals surface area contributed by atoms with E-state index in [1.54, 1.807) is 12.1 Å². The molecule has 0 aromatic heterocycles. The van der Waals surface area contributed by atoms with Gasteiger partial charge in [-0.25, -0.2) is 0 Å². The van der Waals surface area contributed by atoms with Gasteiger partial charge in [-0.2, -0.15) is 8.42 Å². The molecule has 1 aliphatic carbocycles. The number of benzene rings is 2. The molecule has 122 valence electrons. The second kappa shape index (κ2) is 4.70. The second-order valence-corrected chi connectivity index (χ2v) is 8.46. The summed E-state index contributed by atoms with van der Waals surface area (Å²) in [4.78, 5) is 2.45. The maximum Gasteiger partial charge on any atom is 0.286 e. The predicted molar refractivity (Wildman–Crippen MR) is 93.8 cm³/mol. The maximum atomic E-state index is 12.8. The molecule has 0 N–H and O–H groups in total. The summed E-state index contributed by atoms with van der Waals surface area (Å²) in [7, 11) is -3.63. The second-order valence-electron chi connectivity index (χ2n) is 6.89. The highest BCUT2D eigenvalue weighted by molar-refractivity contribution is 7.90. The van der Waals surface area contributed by atoms with Gasteiger partial charge in [0.15, 0.2) is 0 Å². The molecule has 5 heteroatoms. The molecule has 24 heavy (non-hydrogen) atoms. The van der Waals surface area contributed by atoms with E-state index in [1.165, 1.54) is 11.1 Å². The number of rotatable bonds is 0. The van der Waals surface area contributed by atoms with E-state index in [0.717, 1.165) is 37.2 Å². The minimum Gasteiger partial charge on any atom is -0.323 e. The van der Waals surface area contributed by atoms with Crippen LogP contribution in [-0.4, -0.2) is 14.3 Å². The minimum absolute atomic E-state index is 0.255. The van der Waals surface area contributed by atoms with Gasteiger partial charge in [0.05, 0.1) is 11.1 Å². The number of nitrogens with zero attached hydrogens (tertiary/aromatic N) is 2. The van der Waals surface area contributed by atoms with Crippen LogP contribution in [0.3, 0.4) is 0 Å². The monoisotopic (exact) mass is 338 g/mol. The molecule has 2 heterocycles. The lowest BCUT2D eigenvalue weighted by Gasteiger charge is -2.45. The minimum atomic E-state index is -3.63. The lowest BCUT2D eigenvalue weighted by molar-refractivity contribution is 0.553. The summed E-state index contributed by atoms with van der Waals surface area (Å²) in [5.74, 6) is 0.734. The highest BCUT2D eigenvalue weighted by Gasteiger charge is 2.50. The van der Waals surface area contributed by atoms with Gasteiger partial charge in [0.2, 0.25) is 0 Å². The molecule has 0 atom stereocenters. The van der Waals surface area contributed by atoms with E-state index in [2.05, 4.69) is 33.6 Å². The maximum absolute atomic E-state index is 12.8. The molecule has 1 fully saturated rings. The molecule has 0 radical (unpaired) electrons. The van der Waals surface area contributed by atoms with Gasteiger partial charge in [-0.15, -0.1) is 4.40 Å². The van der Waals surface area contributed by atoms with Crippen LogP contribution in [0.25, 0.3) is 0 Å². The summed E-state index contributed by atoms with van der Waals surface area (Å²) < 4.78 is 29.9. The van der Waals surface area contributed by atoms with E-state index in [4.69, 9.17) is 0 Å². The van der Waals surface area contributed by atoms with Crippen molar-refractivity contribution >= 4 is 21.5 Å². The summed E-state index contributed by atoms with van der Waals surface area (Å²) >= 11 is 0. The first-order chi connectivity index (χ1) is 11.6. The molecular weight excluding hydrogens is 320 g/mol. The Bertz CT molecular complexity index is 972. The van der Waals surface area contributed by atoms with E-state index < -0.39 is 10.0 Å². The fourth-order valence-electron chi connectivity index (χ4n) is 4.62. The lowest BCUT2D eigenvalue weighted by atomic mass is 9.72. The lowest BCUT2D eigenvalue weighted by Crippen LogP contribution is -2.52. The third kappa shape index (κ3) is 1.73. The first-order valence-electron chi connectivity index (χ1n) is 8.42. The zero-order chi connectivity index (χ0) is 16.4. The first kappa shape index (κ1) is 14.2. The predicted octanol–water partition coefficient (Wildman–Crippen LogP) is 3.62. The van der Waals surface area contributed by atoms with Gasteiger partial charge in [-0.1, -0.05) is 49.2 Å². The third-order valence-electron chi connectivity index (χ3n) is 5.64. The summed E-state index contributed by atoms with van der Waals surface area (Å²) in [6, 6.07) is 15.7. The van der Waals surface area contributed by atoms with Crippen molar-refractivity contribution in [1.82, 2.24) is 0 Å². The number of para-hydroxylation sites is 1. The topological polar surface area (TPSA) is 49.7 Å². The molecule has 0 saturated heterocycles. The Morgan fingerprint density at radius 1 is 0.958 bits per heavy atom. The quantitative estimate of drug-likeness (QED) is 0.737. The van der Waals surface area contributed by atoms with Gasteiger partial charge in [-0.05, 0) is 36.1 Å². The van der Waals surface area contributed by atoms with Gasteiger partial charge >= 0.3 is 0 Å². The van der Waals surface area contributed by atoms with Crippen LogP contribution >= 0.6 is 0 Å². The molecule has 3 aliphatic rings. The SMILES string of the molecule is O=S1(=O)N=C2N(Cc3ccccc3C23CCCC3)c2ccccc21. The molecule has 1 spiro atoms. The van der Waals surface area contributed by atoms with E-state index >= 15 is 0 Å². The fourth-order valence-corrected chi connectivity index (χ4v) is 5.91. The summed E-state index contributed by atoms with van der Waals surface area (Å²) in [6.07, 6.45) is 4.17. The van der Waals surface area contributed by atoms with Gasteiger partial charge < -0.3 is 4.90 Å². The van der Waals surface area contributed by atoms with Crippen molar-refractivity contribution in [3.8, 4) is 0 Å². The van der Waals surface area contributed by atoms with Crippen LogP contribution in [0.4, 0.5) is 5.69 Å². The average Bonchev–Trinajstić information content (AvgIpc) is 3.07. The normalized spacial score (nSPS) is 22.5. The molecule has 2 aromatic rings. The van der Waals surface area contributed by atoms with Crippen molar-refractivity contribution in [2.24, 2.45) is 4.40 Å². The van der Waals surface area contributed by atoms with Gasteiger partial charge in [0.25, 0.3) is 10.0 Å². The highest BCUT2D eigenvalue weighted by Crippen LogP contribution is 2.50. The molecule has 0 bridgehead atoms. The Labute approximate surface area is 141 Å². The van der Waals surface area contributed by atoms with Crippen molar-refractivity contribution in [2.45, 2.75) is 42.5 Å². The van der Waals surface area contributed by atoms with E-state index in [-0.39, 0.29) is 5.41 Å². The number of sulfonamides is 1. The molecule has 0 unspecified atom stereocenters. The molecule has 2 aromatic carbocycles. The van der Waals surface area contributed by atoms with Crippen LogP contribution in [0.1, 0.15) is 36.8 Å². The zero-order valence-electron chi connectivity index (χ0n) is 13.3. The Morgan fingerprint density at radius 2 is 1.67 bits per heavy atom. The molecule has 4 nitrogen and oxygen atoms in total. The van der Waals surface area contributed by atoms with Crippen molar-refractivity contribution in [3.05, 3.63) is 59.7 Å². The van der Waals surface area contributed by atoms with Crippen LogP contribution in [0.15, 0.2) is 57.8 Å². The number of fused-ring (bicyclic) bond motifs is 6. The Morgan fingerprint density at radius 3 is 2.50 bits per heavy atom. The Hall–Kier alpha value is -2.14. The summed E-state index contributed by atoms with van der Waals surface area (Å²) in [5, 5.41) is 0. The standard InChI is InChI=1S/C19H18N2O2S/c22-24(23)17-10-4-3-9-16(17)21-13-14-7-1-2-8-15(14)19(18(21)20-24)11-5-6-12-19/h1-4,7-10H,5-6,11-13H2. The van der Waals surface area contributed by atoms with Crippen LogP contribution < -0.4 is 4.90 Å². The van der Waals surface area contributed by atoms with Crippen molar-refractivity contribution in [2.75, 3.05) is 4.90 Å². The average molecular weight is 338 g/mol. The molecule has 2 aliphatic heterocycles. The van der Waals surface area contributed by atoms with E-state index in [9.17, 15) is 8.42 Å². The highest BCUT2D eigenvalue weighted by atomic mass is 32.2. The molecule has 0 amide bonds. The number of amidine groups is 1. The first-order valence-corrected chi connectivity index (χ1v) is 9.86. The van der Waals surface area contributed by atoms with Crippen LogP contribution in [0, 0.1) is 0 Å². The number of hydrogen-bond acceptors (Lipinski definition) is 3. The number of anilines is 1. The van der Waals surface area contributed by atoms with E-state index in [0.29, 0.717) is 11.4 Å². The zero-order valence-corrected chi connectivity index (χ0v) is 14.1. The fraction of sp³-hybridized carbons (Fsp3) is 0.316. The van der Waals surface area contributed by atoms with Crippen LogP contribution in [-0.2, 0) is 22.0 Å². The smallest absolute Gasteiger partial charge is 0.286 e. The number of hydrogen-bond donors (Lipinski definition) is 0. The molecular formula is C19H18N2O2S. The summed E-state index contributed by atoms with van der Waals surface area (Å²) in [5.41, 5.74) is 3.07. The largest absolute Gasteiger partial charge is 0.323 e. The Kier molecular flexibility index (Phi) is 2.78. The van der Waals surface area contributed by atoms with Gasteiger partial charge in [0.1, 0.15) is 10.7 Å². The van der Waals surface area contributed by atoms with Crippen molar-refractivity contribution < 1.29 is 8.42 Å². The van der Waals surface area contributed by atoms with E-state index in [1.807, 2.05) is 12.1 Å². The Balaban J connectivity index is 1.84.